The molecule has 0 fully saturated rings. The van der Waals surface area contributed by atoms with Gasteiger partial charge in [-0.25, -0.2) is 4.99 Å². The maximum absolute atomic E-state index is 5.31. The Morgan fingerprint density at radius 1 is 0.724 bits per heavy atom. The van der Waals surface area contributed by atoms with Gasteiger partial charge in [0.2, 0.25) is 0 Å². The van der Waals surface area contributed by atoms with E-state index >= 15 is 0 Å². The van der Waals surface area contributed by atoms with E-state index in [1.54, 1.807) is 0 Å². The third kappa shape index (κ3) is 3.93. The fourth-order valence-corrected chi connectivity index (χ4v) is 3.92. The molecule has 0 amide bonds. The first-order valence-electron chi connectivity index (χ1n) is 10.5. The van der Waals surface area contributed by atoms with Crippen LogP contribution >= 0.6 is 0 Å². The van der Waals surface area contributed by atoms with Gasteiger partial charge in [0, 0.05) is 12.0 Å². The van der Waals surface area contributed by atoms with Crippen molar-refractivity contribution in [2.75, 3.05) is 0 Å². The Bertz CT molecular complexity index is 1050. The van der Waals surface area contributed by atoms with Crippen LogP contribution in [-0.2, 0) is 6.42 Å². The molecule has 0 aliphatic carbocycles. The van der Waals surface area contributed by atoms with Crippen LogP contribution in [0.5, 0.6) is 0 Å². The van der Waals surface area contributed by atoms with Crippen LogP contribution in [0.15, 0.2) is 82.8 Å². The second-order valence-electron chi connectivity index (χ2n) is 8.29. The monoisotopic (exact) mass is 380 g/mol. The van der Waals surface area contributed by atoms with Gasteiger partial charge in [-0.15, -0.1) is 0 Å². The molecular formula is C27H28N2. The molecule has 0 unspecified atom stereocenters. The largest absolute Gasteiger partial charge is 0.250 e. The summed E-state index contributed by atoms with van der Waals surface area (Å²) in [6.45, 7) is 8.96. The molecule has 4 rings (SSSR count). The highest BCUT2D eigenvalue weighted by Gasteiger charge is 2.24. The summed E-state index contributed by atoms with van der Waals surface area (Å²) in [6, 6.07) is 25.5. The number of aliphatic imine (C=N–C) groups is 2. The van der Waals surface area contributed by atoms with Crippen LogP contribution in [0.3, 0.4) is 0 Å². The maximum atomic E-state index is 5.31. The van der Waals surface area contributed by atoms with E-state index in [0.29, 0.717) is 11.8 Å². The predicted octanol–water partition coefficient (Wildman–Crippen LogP) is 7.38. The SMILES string of the molecule is CC(C)c1cccc(C(C)C)c1N=C1C(Cc2ccccc2)=Nc2ccccc21. The molecule has 0 bridgehead atoms. The Morgan fingerprint density at radius 3 is 2.00 bits per heavy atom. The molecule has 0 atom stereocenters. The smallest absolute Gasteiger partial charge is 0.0949 e. The van der Waals surface area contributed by atoms with Gasteiger partial charge in [0.25, 0.3) is 0 Å². The fourth-order valence-electron chi connectivity index (χ4n) is 3.92. The normalized spacial score (nSPS) is 14.6. The molecule has 0 saturated heterocycles. The summed E-state index contributed by atoms with van der Waals surface area (Å²) in [5.74, 6) is 0.832. The molecule has 1 aliphatic rings. The van der Waals surface area contributed by atoms with Gasteiger partial charge < -0.3 is 0 Å². The minimum atomic E-state index is 0.416. The van der Waals surface area contributed by atoms with Crippen LogP contribution in [0.4, 0.5) is 11.4 Å². The van der Waals surface area contributed by atoms with Crippen LogP contribution < -0.4 is 0 Å². The summed E-state index contributed by atoms with van der Waals surface area (Å²) in [6.07, 6.45) is 0.787. The van der Waals surface area contributed by atoms with Gasteiger partial charge >= 0.3 is 0 Å². The summed E-state index contributed by atoms with van der Waals surface area (Å²) in [7, 11) is 0. The lowest BCUT2D eigenvalue weighted by atomic mass is 9.92. The molecule has 146 valence electrons. The molecule has 2 heteroatoms. The zero-order chi connectivity index (χ0) is 20.4. The molecule has 0 radical (unpaired) electrons. The van der Waals surface area contributed by atoms with Crippen molar-refractivity contribution in [2.45, 2.75) is 46.0 Å². The first-order chi connectivity index (χ1) is 14.0. The van der Waals surface area contributed by atoms with E-state index in [9.17, 15) is 0 Å². The molecule has 0 spiro atoms. The minimum absolute atomic E-state index is 0.416. The van der Waals surface area contributed by atoms with Crippen molar-refractivity contribution in [3.05, 3.63) is 95.1 Å². The lowest BCUT2D eigenvalue weighted by Crippen LogP contribution is -2.14. The summed E-state index contributed by atoms with van der Waals surface area (Å²) < 4.78 is 0. The first-order valence-corrected chi connectivity index (χ1v) is 10.5. The Hall–Kier alpha value is -3.00. The van der Waals surface area contributed by atoms with E-state index in [1.807, 2.05) is 6.07 Å². The minimum Gasteiger partial charge on any atom is -0.250 e. The Labute approximate surface area is 174 Å². The van der Waals surface area contributed by atoms with Gasteiger partial charge in [-0.1, -0.05) is 94.4 Å². The standard InChI is InChI=1S/C27H28N2/c1-18(2)21-14-10-15-22(19(3)4)26(21)29-27-23-13-8-9-16-24(23)28-25(27)17-20-11-6-5-7-12-20/h5-16,18-19H,17H2,1-4H3. The average Bonchev–Trinajstić information content (AvgIpc) is 3.05. The van der Waals surface area contributed by atoms with Gasteiger partial charge in [0.05, 0.1) is 22.8 Å². The van der Waals surface area contributed by atoms with Crippen molar-refractivity contribution in [1.82, 2.24) is 0 Å². The Kier molecular flexibility index (Phi) is 5.44. The molecule has 0 saturated carbocycles. The number of hydrogen-bond acceptors (Lipinski definition) is 2. The van der Waals surface area contributed by atoms with Crippen molar-refractivity contribution >= 4 is 22.8 Å². The molecule has 0 N–H and O–H groups in total. The molecule has 3 aromatic rings. The van der Waals surface area contributed by atoms with Gasteiger partial charge in [-0.3, -0.25) is 4.99 Å². The summed E-state index contributed by atoms with van der Waals surface area (Å²) >= 11 is 0. The second-order valence-corrected chi connectivity index (χ2v) is 8.29. The van der Waals surface area contributed by atoms with Gasteiger partial charge in [-0.2, -0.15) is 0 Å². The average molecular weight is 381 g/mol. The third-order valence-electron chi connectivity index (χ3n) is 5.47. The van der Waals surface area contributed by atoms with Crippen molar-refractivity contribution in [1.29, 1.82) is 0 Å². The van der Waals surface area contributed by atoms with Crippen LogP contribution in [0.2, 0.25) is 0 Å². The van der Waals surface area contributed by atoms with E-state index in [4.69, 9.17) is 9.98 Å². The highest BCUT2D eigenvalue weighted by molar-refractivity contribution is 6.52. The molecule has 0 aromatic heterocycles. The van der Waals surface area contributed by atoms with Gasteiger partial charge in [0.1, 0.15) is 0 Å². The molecule has 29 heavy (non-hydrogen) atoms. The number of fused-ring (bicyclic) bond motifs is 1. The lowest BCUT2D eigenvalue weighted by molar-refractivity contribution is 0.835. The van der Waals surface area contributed by atoms with Crippen LogP contribution in [0.25, 0.3) is 0 Å². The summed E-state index contributed by atoms with van der Waals surface area (Å²) in [5.41, 5.74) is 9.18. The lowest BCUT2D eigenvalue weighted by Gasteiger charge is -2.17. The predicted molar refractivity (Wildman–Crippen MR) is 125 cm³/mol. The third-order valence-corrected chi connectivity index (χ3v) is 5.47. The van der Waals surface area contributed by atoms with Gasteiger partial charge in [0.15, 0.2) is 0 Å². The molecule has 3 aromatic carbocycles. The van der Waals surface area contributed by atoms with Crippen molar-refractivity contribution < 1.29 is 0 Å². The van der Waals surface area contributed by atoms with Crippen molar-refractivity contribution in [2.24, 2.45) is 9.98 Å². The van der Waals surface area contributed by atoms with Gasteiger partial charge in [-0.05, 0) is 34.6 Å². The highest BCUT2D eigenvalue weighted by Crippen LogP contribution is 2.37. The van der Waals surface area contributed by atoms with E-state index in [-0.39, 0.29) is 0 Å². The fraction of sp³-hybridized carbons (Fsp3) is 0.259. The zero-order valence-corrected chi connectivity index (χ0v) is 17.7. The first kappa shape index (κ1) is 19.3. The van der Waals surface area contributed by atoms with E-state index in [0.717, 1.165) is 34.8 Å². The number of rotatable bonds is 5. The number of benzene rings is 3. The molecule has 1 aliphatic heterocycles. The van der Waals surface area contributed by atoms with Crippen LogP contribution in [0, 0.1) is 0 Å². The quantitative estimate of drug-likeness (QED) is 0.441. The summed E-state index contributed by atoms with van der Waals surface area (Å²) in [5, 5.41) is 0. The van der Waals surface area contributed by atoms with E-state index in [2.05, 4.69) is 94.4 Å². The number of para-hydroxylation sites is 2. The van der Waals surface area contributed by atoms with Crippen molar-refractivity contribution in [3.8, 4) is 0 Å². The van der Waals surface area contributed by atoms with E-state index in [1.165, 1.54) is 16.7 Å². The second kappa shape index (κ2) is 8.16. The van der Waals surface area contributed by atoms with Crippen LogP contribution in [-0.4, -0.2) is 11.4 Å². The Balaban J connectivity index is 1.87. The Morgan fingerprint density at radius 2 is 1.34 bits per heavy atom. The number of nitrogens with zero attached hydrogens (tertiary/aromatic N) is 2. The van der Waals surface area contributed by atoms with Crippen molar-refractivity contribution in [3.63, 3.8) is 0 Å². The zero-order valence-electron chi connectivity index (χ0n) is 17.7. The molecular weight excluding hydrogens is 352 g/mol. The van der Waals surface area contributed by atoms with E-state index < -0.39 is 0 Å². The maximum Gasteiger partial charge on any atom is 0.0949 e. The molecule has 2 nitrogen and oxygen atoms in total. The summed E-state index contributed by atoms with van der Waals surface area (Å²) in [4.78, 5) is 10.3. The van der Waals surface area contributed by atoms with Crippen LogP contribution in [0.1, 0.15) is 61.8 Å². The number of hydrogen-bond donors (Lipinski definition) is 0. The highest BCUT2D eigenvalue weighted by atomic mass is 14.9. The topological polar surface area (TPSA) is 24.7 Å². The molecule has 1 heterocycles.